The third kappa shape index (κ3) is 3.34. The summed E-state index contributed by atoms with van der Waals surface area (Å²) >= 11 is 0. The van der Waals surface area contributed by atoms with Crippen molar-refractivity contribution in [1.29, 1.82) is 0 Å². The Balaban J connectivity index is 1.67. The van der Waals surface area contributed by atoms with Crippen molar-refractivity contribution in [2.45, 2.75) is 31.8 Å². The highest BCUT2D eigenvalue weighted by Gasteiger charge is 2.21. The summed E-state index contributed by atoms with van der Waals surface area (Å²) in [4.78, 5) is 4.34. The summed E-state index contributed by atoms with van der Waals surface area (Å²) in [5.74, 6) is 0. The molecule has 1 aliphatic rings. The smallest absolute Gasteiger partial charge is 0.0951 e. The molecule has 3 rings (SSSR count). The molecule has 0 amide bonds. The molecule has 0 aliphatic heterocycles. The number of rotatable bonds is 6. The minimum absolute atomic E-state index is 0.529. The number of hydrogen-bond acceptors (Lipinski definition) is 3. The van der Waals surface area contributed by atoms with Crippen molar-refractivity contribution in [2.24, 2.45) is 0 Å². The standard InChI is InChI=1S/C17H23N3O/c1-21-9-8-18-11-17-12-19-13-20(17)16-7-6-14-4-2-3-5-15(14)10-16/h2-5,12-13,16,18H,6-11H2,1H3. The molecule has 0 bridgehead atoms. The Morgan fingerprint density at radius 3 is 3.05 bits per heavy atom. The number of nitrogens with one attached hydrogen (secondary N) is 1. The second-order valence-corrected chi connectivity index (χ2v) is 5.63. The Kier molecular flexibility index (Phi) is 4.68. The van der Waals surface area contributed by atoms with E-state index in [0.717, 1.165) is 32.5 Å². The normalized spacial score (nSPS) is 17.7. The van der Waals surface area contributed by atoms with Crippen molar-refractivity contribution in [3.8, 4) is 0 Å². The fourth-order valence-corrected chi connectivity index (χ4v) is 3.10. The Hall–Kier alpha value is -1.65. The van der Waals surface area contributed by atoms with Crippen molar-refractivity contribution >= 4 is 0 Å². The fourth-order valence-electron chi connectivity index (χ4n) is 3.10. The van der Waals surface area contributed by atoms with E-state index in [0.29, 0.717) is 6.04 Å². The molecule has 1 atom stereocenters. The van der Waals surface area contributed by atoms with Gasteiger partial charge in [-0.05, 0) is 30.4 Å². The molecular weight excluding hydrogens is 262 g/mol. The van der Waals surface area contributed by atoms with E-state index in [9.17, 15) is 0 Å². The van der Waals surface area contributed by atoms with Gasteiger partial charge in [0, 0.05) is 32.4 Å². The quantitative estimate of drug-likeness (QED) is 0.828. The van der Waals surface area contributed by atoms with Gasteiger partial charge in [0.25, 0.3) is 0 Å². The van der Waals surface area contributed by atoms with Crippen LogP contribution in [0.2, 0.25) is 0 Å². The fraction of sp³-hybridized carbons (Fsp3) is 0.471. The predicted octanol–water partition coefficient (Wildman–Crippen LogP) is 2.35. The highest BCUT2D eigenvalue weighted by atomic mass is 16.5. The molecule has 2 aromatic rings. The van der Waals surface area contributed by atoms with Gasteiger partial charge >= 0.3 is 0 Å². The molecule has 1 aromatic heterocycles. The van der Waals surface area contributed by atoms with Crippen LogP contribution in [0, 0.1) is 0 Å². The van der Waals surface area contributed by atoms with Crippen molar-refractivity contribution in [3.05, 3.63) is 53.6 Å². The van der Waals surface area contributed by atoms with E-state index < -0.39 is 0 Å². The molecule has 21 heavy (non-hydrogen) atoms. The lowest BCUT2D eigenvalue weighted by atomic mass is 9.88. The second kappa shape index (κ2) is 6.87. The van der Waals surface area contributed by atoms with Crippen LogP contribution in [0.1, 0.15) is 29.3 Å². The summed E-state index contributed by atoms with van der Waals surface area (Å²) in [5.41, 5.74) is 4.25. The first-order valence-corrected chi connectivity index (χ1v) is 7.65. The number of aryl methyl sites for hydroxylation is 1. The van der Waals surface area contributed by atoms with Crippen LogP contribution in [0.3, 0.4) is 0 Å². The van der Waals surface area contributed by atoms with Crippen molar-refractivity contribution in [1.82, 2.24) is 14.9 Å². The van der Waals surface area contributed by atoms with E-state index in [4.69, 9.17) is 4.74 Å². The highest BCUT2D eigenvalue weighted by molar-refractivity contribution is 5.30. The molecule has 1 heterocycles. The molecule has 1 N–H and O–H groups in total. The summed E-state index contributed by atoms with van der Waals surface area (Å²) in [6.45, 7) is 2.46. The maximum Gasteiger partial charge on any atom is 0.0951 e. The van der Waals surface area contributed by atoms with Gasteiger partial charge in [0.15, 0.2) is 0 Å². The van der Waals surface area contributed by atoms with Gasteiger partial charge in [-0.1, -0.05) is 24.3 Å². The molecule has 112 valence electrons. The van der Waals surface area contributed by atoms with Gasteiger partial charge in [0.1, 0.15) is 0 Å². The zero-order valence-corrected chi connectivity index (χ0v) is 12.6. The number of ether oxygens (including phenoxy) is 1. The first kappa shape index (κ1) is 14.3. The predicted molar refractivity (Wildman–Crippen MR) is 83.3 cm³/mol. The van der Waals surface area contributed by atoms with Crippen LogP contribution in [-0.4, -0.2) is 29.8 Å². The van der Waals surface area contributed by atoms with Crippen LogP contribution in [0.4, 0.5) is 0 Å². The van der Waals surface area contributed by atoms with Gasteiger partial charge in [-0.25, -0.2) is 4.98 Å². The van der Waals surface area contributed by atoms with E-state index in [1.807, 2.05) is 12.5 Å². The lowest BCUT2D eigenvalue weighted by Crippen LogP contribution is -2.24. The van der Waals surface area contributed by atoms with Gasteiger partial charge in [0.2, 0.25) is 0 Å². The SMILES string of the molecule is COCCNCc1cncn1C1CCc2ccccc2C1. The van der Waals surface area contributed by atoms with E-state index in [2.05, 4.69) is 39.1 Å². The maximum atomic E-state index is 5.06. The maximum absolute atomic E-state index is 5.06. The minimum Gasteiger partial charge on any atom is -0.383 e. The number of fused-ring (bicyclic) bond motifs is 1. The molecule has 0 saturated heterocycles. The Morgan fingerprint density at radius 1 is 1.33 bits per heavy atom. The number of benzene rings is 1. The zero-order chi connectivity index (χ0) is 14.5. The molecule has 4 heteroatoms. The van der Waals surface area contributed by atoms with Gasteiger partial charge < -0.3 is 14.6 Å². The zero-order valence-electron chi connectivity index (χ0n) is 12.6. The molecule has 0 fully saturated rings. The monoisotopic (exact) mass is 285 g/mol. The summed E-state index contributed by atoms with van der Waals surface area (Å²) in [5, 5.41) is 3.40. The molecule has 1 aliphatic carbocycles. The van der Waals surface area contributed by atoms with Crippen LogP contribution < -0.4 is 5.32 Å². The van der Waals surface area contributed by atoms with Crippen LogP contribution in [-0.2, 0) is 24.1 Å². The van der Waals surface area contributed by atoms with Crippen LogP contribution in [0.25, 0.3) is 0 Å². The third-order valence-corrected chi connectivity index (χ3v) is 4.25. The molecule has 0 spiro atoms. The molecular formula is C17H23N3O. The Morgan fingerprint density at radius 2 is 2.19 bits per heavy atom. The molecule has 1 aromatic carbocycles. The Bertz CT molecular complexity index is 579. The number of methoxy groups -OCH3 is 1. The van der Waals surface area contributed by atoms with Crippen LogP contribution >= 0.6 is 0 Å². The summed E-state index contributed by atoms with van der Waals surface area (Å²) in [7, 11) is 1.73. The first-order chi connectivity index (χ1) is 10.4. The summed E-state index contributed by atoms with van der Waals surface area (Å²) < 4.78 is 7.40. The van der Waals surface area contributed by atoms with Crippen molar-refractivity contribution in [3.63, 3.8) is 0 Å². The number of aromatic nitrogens is 2. The summed E-state index contributed by atoms with van der Waals surface area (Å²) in [6.07, 6.45) is 7.41. The Labute approximate surface area is 126 Å². The third-order valence-electron chi connectivity index (χ3n) is 4.25. The second-order valence-electron chi connectivity index (χ2n) is 5.63. The van der Waals surface area contributed by atoms with Crippen molar-refractivity contribution in [2.75, 3.05) is 20.3 Å². The lowest BCUT2D eigenvalue weighted by molar-refractivity contribution is 0.199. The van der Waals surface area contributed by atoms with Crippen LogP contribution in [0.5, 0.6) is 0 Å². The molecule has 0 saturated carbocycles. The van der Waals surface area contributed by atoms with Gasteiger partial charge in [0.05, 0.1) is 18.6 Å². The largest absolute Gasteiger partial charge is 0.383 e. The topological polar surface area (TPSA) is 39.1 Å². The van der Waals surface area contributed by atoms with Crippen molar-refractivity contribution < 1.29 is 4.74 Å². The molecule has 1 unspecified atom stereocenters. The average Bonchev–Trinajstić information content (AvgIpc) is 2.99. The lowest BCUT2D eigenvalue weighted by Gasteiger charge is -2.27. The number of hydrogen-bond donors (Lipinski definition) is 1. The van der Waals surface area contributed by atoms with Gasteiger partial charge in [-0.15, -0.1) is 0 Å². The van der Waals surface area contributed by atoms with E-state index >= 15 is 0 Å². The number of imidazole rings is 1. The van der Waals surface area contributed by atoms with E-state index in [1.54, 1.807) is 7.11 Å². The molecule has 0 radical (unpaired) electrons. The van der Waals surface area contributed by atoms with E-state index in [-0.39, 0.29) is 0 Å². The minimum atomic E-state index is 0.529. The highest BCUT2D eigenvalue weighted by Crippen LogP contribution is 2.29. The number of nitrogens with zero attached hydrogens (tertiary/aromatic N) is 2. The van der Waals surface area contributed by atoms with Crippen LogP contribution in [0.15, 0.2) is 36.8 Å². The molecule has 4 nitrogen and oxygen atoms in total. The van der Waals surface area contributed by atoms with E-state index in [1.165, 1.54) is 23.2 Å². The average molecular weight is 285 g/mol. The van der Waals surface area contributed by atoms with Gasteiger partial charge in [-0.2, -0.15) is 0 Å². The van der Waals surface area contributed by atoms with Gasteiger partial charge in [-0.3, -0.25) is 0 Å². The summed E-state index contributed by atoms with van der Waals surface area (Å²) in [6, 6.07) is 9.33. The first-order valence-electron chi connectivity index (χ1n) is 7.65.